The number of nitrogens with one attached hydrogen (secondary N) is 1. The van der Waals surface area contributed by atoms with Gasteiger partial charge in [0.15, 0.2) is 0 Å². The third-order valence-electron chi connectivity index (χ3n) is 5.16. The van der Waals surface area contributed by atoms with Gasteiger partial charge in [-0.2, -0.15) is 5.10 Å². The first-order valence-corrected chi connectivity index (χ1v) is 9.31. The second-order valence-electron chi connectivity index (χ2n) is 7.10. The SMILES string of the molecule is Cc1nn(C)c(=O)c(C(=O)NCC(Cc2cccc3ccccc23)C(=O)O)c1C. The van der Waals surface area contributed by atoms with Crippen LogP contribution in [0.4, 0.5) is 0 Å². The number of hydrogen-bond donors (Lipinski definition) is 2. The molecule has 0 spiro atoms. The van der Waals surface area contributed by atoms with Crippen LogP contribution in [0.15, 0.2) is 47.3 Å². The van der Waals surface area contributed by atoms with Gasteiger partial charge in [0.25, 0.3) is 11.5 Å². The maximum atomic E-state index is 12.6. The molecule has 1 unspecified atom stereocenters. The average Bonchev–Trinajstić information content (AvgIpc) is 2.69. The standard InChI is InChI=1S/C22H23N3O4/c1-13-14(2)24-25(3)21(27)19(13)20(26)23-12-17(22(28)29)11-16-9-6-8-15-7-4-5-10-18(15)16/h4-10,17H,11-12H2,1-3H3,(H,23,26)(H,28,29). The van der Waals surface area contributed by atoms with Gasteiger partial charge >= 0.3 is 5.97 Å². The third kappa shape index (κ3) is 4.18. The number of carbonyl (C=O) groups is 2. The molecule has 150 valence electrons. The molecule has 3 aromatic rings. The normalized spacial score (nSPS) is 12.0. The highest BCUT2D eigenvalue weighted by molar-refractivity contribution is 5.95. The van der Waals surface area contributed by atoms with Crippen LogP contribution < -0.4 is 10.9 Å². The molecule has 0 aliphatic carbocycles. The van der Waals surface area contributed by atoms with Gasteiger partial charge in [-0.05, 0) is 42.2 Å². The van der Waals surface area contributed by atoms with Gasteiger partial charge in [-0.15, -0.1) is 0 Å². The van der Waals surface area contributed by atoms with Crippen molar-refractivity contribution in [2.24, 2.45) is 13.0 Å². The number of benzene rings is 2. The smallest absolute Gasteiger partial charge is 0.308 e. The average molecular weight is 393 g/mol. The van der Waals surface area contributed by atoms with Crippen molar-refractivity contribution in [1.82, 2.24) is 15.1 Å². The summed E-state index contributed by atoms with van der Waals surface area (Å²) in [4.78, 5) is 36.8. The van der Waals surface area contributed by atoms with Gasteiger partial charge in [0, 0.05) is 13.6 Å². The van der Waals surface area contributed by atoms with Gasteiger partial charge in [0.05, 0.1) is 11.6 Å². The Bertz CT molecular complexity index is 1150. The Hall–Kier alpha value is -3.48. The monoisotopic (exact) mass is 393 g/mol. The van der Waals surface area contributed by atoms with Gasteiger partial charge in [-0.3, -0.25) is 14.4 Å². The molecule has 0 bridgehead atoms. The first kappa shape index (κ1) is 20.3. The zero-order valence-corrected chi connectivity index (χ0v) is 16.6. The number of carbonyl (C=O) groups excluding carboxylic acids is 1. The van der Waals surface area contributed by atoms with E-state index in [0.717, 1.165) is 21.0 Å². The van der Waals surface area contributed by atoms with Crippen molar-refractivity contribution in [3.05, 3.63) is 75.2 Å². The summed E-state index contributed by atoms with van der Waals surface area (Å²) in [6.45, 7) is 3.29. The van der Waals surface area contributed by atoms with Crippen molar-refractivity contribution in [2.45, 2.75) is 20.3 Å². The van der Waals surface area contributed by atoms with Crippen LogP contribution in [-0.4, -0.2) is 33.3 Å². The second kappa shape index (κ2) is 8.26. The molecule has 1 aromatic heterocycles. The molecule has 3 rings (SSSR count). The maximum Gasteiger partial charge on any atom is 0.308 e. The van der Waals surface area contributed by atoms with Crippen molar-refractivity contribution < 1.29 is 14.7 Å². The summed E-state index contributed by atoms with van der Waals surface area (Å²) in [5.74, 6) is -2.41. The number of hydrogen-bond acceptors (Lipinski definition) is 4. The zero-order chi connectivity index (χ0) is 21.1. The van der Waals surface area contributed by atoms with Crippen LogP contribution >= 0.6 is 0 Å². The Morgan fingerprint density at radius 3 is 2.55 bits per heavy atom. The Morgan fingerprint density at radius 2 is 1.83 bits per heavy atom. The number of rotatable bonds is 6. The number of fused-ring (bicyclic) bond motifs is 1. The first-order chi connectivity index (χ1) is 13.8. The molecule has 7 heteroatoms. The minimum atomic E-state index is -1.01. The minimum Gasteiger partial charge on any atom is -0.481 e. The lowest BCUT2D eigenvalue weighted by atomic mass is 9.94. The van der Waals surface area contributed by atoms with Crippen LogP contribution in [0.2, 0.25) is 0 Å². The van der Waals surface area contributed by atoms with Crippen LogP contribution in [-0.2, 0) is 18.3 Å². The predicted molar refractivity (Wildman–Crippen MR) is 110 cm³/mol. The van der Waals surface area contributed by atoms with E-state index in [0.29, 0.717) is 11.3 Å². The molecule has 0 aliphatic heterocycles. The van der Waals surface area contributed by atoms with Crippen molar-refractivity contribution >= 4 is 22.6 Å². The van der Waals surface area contributed by atoms with E-state index in [1.807, 2.05) is 42.5 Å². The summed E-state index contributed by atoms with van der Waals surface area (Å²) >= 11 is 0. The largest absolute Gasteiger partial charge is 0.481 e. The van der Waals surface area contributed by atoms with Crippen molar-refractivity contribution in [2.75, 3.05) is 6.54 Å². The molecule has 0 radical (unpaired) electrons. The molecule has 0 aliphatic rings. The highest BCUT2D eigenvalue weighted by Crippen LogP contribution is 2.21. The topological polar surface area (TPSA) is 101 Å². The number of carboxylic acid groups (broad SMARTS) is 1. The Kier molecular flexibility index (Phi) is 5.77. The van der Waals surface area contributed by atoms with Crippen LogP contribution in [0.5, 0.6) is 0 Å². The molecule has 0 fully saturated rings. The fraction of sp³-hybridized carbons (Fsp3) is 0.273. The first-order valence-electron chi connectivity index (χ1n) is 9.31. The highest BCUT2D eigenvalue weighted by atomic mass is 16.4. The van der Waals surface area contributed by atoms with E-state index in [1.54, 1.807) is 13.8 Å². The zero-order valence-electron chi connectivity index (χ0n) is 16.6. The van der Waals surface area contributed by atoms with E-state index in [-0.39, 0.29) is 18.5 Å². The molecule has 0 saturated carbocycles. The van der Waals surface area contributed by atoms with Crippen LogP contribution in [0.3, 0.4) is 0 Å². The van der Waals surface area contributed by atoms with E-state index >= 15 is 0 Å². The van der Waals surface area contributed by atoms with E-state index in [9.17, 15) is 19.5 Å². The van der Waals surface area contributed by atoms with Crippen molar-refractivity contribution in [3.63, 3.8) is 0 Å². The fourth-order valence-corrected chi connectivity index (χ4v) is 3.40. The number of aryl methyl sites for hydroxylation is 2. The fourth-order valence-electron chi connectivity index (χ4n) is 3.40. The summed E-state index contributed by atoms with van der Waals surface area (Å²) in [6.07, 6.45) is 0.267. The molecule has 2 aromatic carbocycles. The molecule has 29 heavy (non-hydrogen) atoms. The van der Waals surface area contributed by atoms with Crippen LogP contribution in [0.25, 0.3) is 10.8 Å². The Morgan fingerprint density at radius 1 is 1.14 bits per heavy atom. The van der Waals surface area contributed by atoms with Gasteiger partial charge in [-0.1, -0.05) is 42.5 Å². The van der Waals surface area contributed by atoms with Gasteiger partial charge in [0.1, 0.15) is 5.56 Å². The second-order valence-corrected chi connectivity index (χ2v) is 7.10. The molecule has 7 nitrogen and oxygen atoms in total. The summed E-state index contributed by atoms with van der Waals surface area (Å²) < 4.78 is 1.11. The van der Waals surface area contributed by atoms with Gasteiger partial charge in [0.2, 0.25) is 0 Å². The molecule has 1 heterocycles. The molecule has 1 amide bonds. The van der Waals surface area contributed by atoms with Crippen molar-refractivity contribution in [1.29, 1.82) is 0 Å². The molecule has 1 atom stereocenters. The van der Waals surface area contributed by atoms with E-state index < -0.39 is 23.4 Å². The number of nitrogens with zero attached hydrogens (tertiary/aromatic N) is 2. The Balaban J connectivity index is 1.81. The lowest BCUT2D eigenvalue weighted by Crippen LogP contribution is -2.39. The van der Waals surface area contributed by atoms with Gasteiger partial charge < -0.3 is 10.4 Å². The van der Waals surface area contributed by atoms with Crippen LogP contribution in [0.1, 0.15) is 27.2 Å². The highest BCUT2D eigenvalue weighted by Gasteiger charge is 2.23. The molecular weight excluding hydrogens is 370 g/mol. The number of amides is 1. The number of carboxylic acids is 1. The summed E-state index contributed by atoms with van der Waals surface area (Å²) in [7, 11) is 1.48. The number of aliphatic carboxylic acids is 1. The van der Waals surface area contributed by atoms with E-state index in [2.05, 4.69) is 10.4 Å². The third-order valence-corrected chi connectivity index (χ3v) is 5.16. The Labute approximate surface area is 168 Å². The minimum absolute atomic E-state index is 0.00528. The van der Waals surface area contributed by atoms with Crippen molar-refractivity contribution in [3.8, 4) is 0 Å². The van der Waals surface area contributed by atoms with E-state index in [1.165, 1.54) is 7.05 Å². The molecule has 2 N–H and O–H groups in total. The summed E-state index contributed by atoms with van der Waals surface area (Å²) in [5.41, 5.74) is 1.45. The number of aromatic nitrogens is 2. The lowest BCUT2D eigenvalue weighted by Gasteiger charge is -2.16. The maximum absolute atomic E-state index is 12.6. The summed E-state index contributed by atoms with van der Waals surface area (Å²) in [5, 5.41) is 18.4. The lowest BCUT2D eigenvalue weighted by molar-refractivity contribution is -0.141. The van der Waals surface area contributed by atoms with Gasteiger partial charge in [-0.25, -0.2) is 4.68 Å². The van der Waals surface area contributed by atoms with E-state index in [4.69, 9.17) is 0 Å². The molecular formula is C22H23N3O4. The summed E-state index contributed by atoms with van der Waals surface area (Å²) in [6, 6.07) is 13.5. The molecule has 0 saturated heterocycles. The quantitative estimate of drug-likeness (QED) is 0.669. The predicted octanol–water partition coefficient (Wildman–Crippen LogP) is 2.22. The van der Waals surface area contributed by atoms with Crippen LogP contribution in [0, 0.1) is 19.8 Å².